The topological polar surface area (TPSA) is 89.1 Å². The van der Waals surface area contributed by atoms with Crippen molar-refractivity contribution < 1.29 is 23.0 Å². The first kappa shape index (κ1) is 18.5. The van der Waals surface area contributed by atoms with Crippen molar-refractivity contribution >= 4 is 33.4 Å². The second-order valence-electron chi connectivity index (χ2n) is 6.51. The zero-order valence-electron chi connectivity index (χ0n) is 15.3. The van der Waals surface area contributed by atoms with Crippen LogP contribution in [0, 0.1) is 0 Å². The molecule has 1 aliphatic rings. The number of aromatic amines is 1. The normalized spacial score (nSPS) is 13.0. The number of H-pyrrole nitrogens is 1. The largest absolute Gasteiger partial charge is 0.486 e. The number of anilines is 1. The van der Waals surface area contributed by atoms with Crippen LogP contribution in [0.3, 0.4) is 0 Å². The van der Waals surface area contributed by atoms with Crippen LogP contribution in [-0.2, 0) is 0 Å². The third-order valence-corrected chi connectivity index (χ3v) is 5.29. The summed E-state index contributed by atoms with van der Waals surface area (Å²) in [7, 11) is 0. The lowest BCUT2D eigenvalue weighted by Gasteiger charge is -2.18. The van der Waals surface area contributed by atoms with E-state index in [1.54, 1.807) is 0 Å². The Bertz CT molecular complexity index is 1250. The van der Waals surface area contributed by atoms with E-state index < -0.39 is 18.2 Å². The second-order valence-corrected chi connectivity index (χ2v) is 7.36. The van der Waals surface area contributed by atoms with E-state index in [0.29, 0.717) is 52.1 Å². The third kappa shape index (κ3) is 3.45. The van der Waals surface area contributed by atoms with Gasteiger partial charge < -0.3 is 14.5 Å². The van der Waals surface area contributed by atoms with Crippen LogP contribution in [0.2, 0.25) is 0 Å². The molecule has 0 aliphatic carbocycles. The number of carbonyl (C=O) groups is 1. The first-order valence-corrected chi connectivity index (χ1v) is 9.89. The summed E-state index contributed by atoms with van der Waals surface area (Å²) in [5.41, 5.74) is 2.58. The molecule has 0 saturated carbocycles. The summed E-state index contributed by atoms with van der Waals surface area (Å²) in [5.74, 6) is 0.533. The van der Waals surface area contributed by atoms with Crippen LogP contribution >= 0.6 is 11.3 Å². The minimum absolute atomic E-state index is 0.308. The SMILES string of the molecule is O=C(Nc1nc(-c2ccc3c(c2)OCCO3)cs1)c1ccc2nc(C(F)F)[nH]c2c1. The summed E-state index contributed by atoms with van der Waals surface area (Å²) >= 11 is 1.28. The molecule has 2 aromatic heterocycles. The molecule has 0 radical (unpaired) electrons. The van der Waals surface area contributed by atoms with Crippen molar-refractivity contribution in [3.05, 3.63) is 53.2 Å². The molecule has 1 aliphatic heterocycles. The molecule has 4 aromatic rings. The summed E-state index contributed by atoms with van der Waals surface area (Å²) in [6, 6.07) is 10.1. The Balaban J connectivity index is 1.34. The molecule has 5 rings (SSSR count). The average molecular weight is 428 g/mol. The van der Waals surface area contributed by atoms with Gasteiger partial charge >= 0.3 is 0 Å². The van der Waals surface area contributed by atoms with Gasteiger partial charge in [0, 0.05) is 16.5 Å². The molecule has 2 aromatic carbocycles. The van der Waals surface area contributed by atoms with Gasteiger partial charge in [0.2, 0.25) is 0 Å². The maximum atomic E-state index is 12.8. The van der Waals surface area contributed by atoms with Crippen LogP contribution in [0.15, 0.2) is 41.8 Å². The number of imidazole rings is 1. The summed E-state index contributed by atoms with van der Waals surface area (Å²) in [6.45, 7) is 1.02. The number of alkyl halides is 2. The standard InChI is InChI=1S/C20H14F2N4O3S/c21-17(22)18-23-12-3-1-11(7-13(12)24-18)19(27)26-20-25-14(9-30-20)10-2-4-15-16(8-10)29-6-5-28-15/h1-4,7-9,17H,5-6H2,(H,23,24)(H,25,26,27). The quantitative estimate of drug-likeness (QED) is 0.494. The molecule has 10 heteroatoms. The molecule has 152 valence electrons. The van der Waals surface area contributed by atoms with Crippen molar-refractivity contribution in [1.82, 2.24) is 15.0 Å². The number of thiazole rings is 1. The van der Waals surface area contributed by atoms with Gasteiger partial charge in [-0.3, -0.25) is 10.1 Å². The van der Waals surface area contributed by atoms with Crippen LogP contribution < -0.4 is 14.8 Å². The molecule has 0 unspecified atom stereocenters. The van der Waals surface area contributed by atoms with E-state index in [1.807, 2.05) is 23.6 Å². The van der Waals surface area contributed by atoms with Crippen molar-refractivity contribution in [2.75, 3.05) is 18.5 Å². The highest BCUT2D eigenvalue weighted by Crippen LogP contribution is 2.35. The van der Waals surface area contributed by atoms with Gasteiger partial charge in [-0.2, -0.15) is 0 Å². The predicted molar refractivity (Wildman–Crippen MR) is 108 cm³/mol. The number of hydrogen-bond acceptors (Lipinski definition) is 6. The molecule has 0 fully saturated rings. The molecular weight excluding hydrogens is 414 g/mol. The molecule has 2 N–H and O–H groups in total. The number of carbonyl (C=O) groups excluding carboxylic acids is 1. The second kappa shape index (κ2) is 7.38. The smallest absolute Gasteiger partial charge is 0.295 e. The highest BCUT2D eigenvalue weighted by molar-refractivity contribution is 7.14. The van der Waals surface area contributed by atoms with Crippen LogP contribution in [-0.4, -0.2) is 34.1 Å². The Kier molecular flexibility index (Phi) is 4.55. The van der Waals surface area contributed by atoms with Crippen LogP contribution in [0.4, 0.5) is 13.9 Å². The maximum Gasteiger partial charge on any atom is 0.295 e. The number of amides is 1. The number of rotatable bonds is 4. The van der Waals surface area contributed by atoms with Crippen LogP contribution in [0.25, 0.3) is 22.3 Å². The zero-order valence-corrected chi connectivity index (χ0v) is 16.1. The van der Waals surface area contributed by atoms with Crippen molar-refractivity contribution in [1.29, 1.82) is 0 Å². The number of ether oxygens (including phenoxy) is 2. The van der Waals surface area contributed by atoms with E-state index >= 15 is 0 Å². The molecule has 0 spiro atoms. The van der Waals surface area contributed by atoms with Crippen molar-refractivity contribution in [2.24, 2.45) is 0 Å². The van der Waals surface area contributed by atoms with Gasteiger partial charge in [0.15, 0.2) is 22.5 Å². The molecular formula is C20H14F2N4O3S. The Morgan fingerprint density at radius 2 is 1.93 bits per heavy atom. The third-order valence-electron chi connectivity index (χ3n) is 4.53. The fourth-order valence-corrected chi connectivity index (χ4v) is 3.82. The lowest BCUT2D eigenvalue weighted by atomic mass is 10.1. The minimum atomic E-state index is -2.70. The van der Waals surface area contributed by atoms with E-state index in [-0.39, 0.29) is 0 Å². The van der Waals surface area contributed by atoms with Gasteiger partial charge in [-0.1, -0.05) is 0 Å². The lowest BCUT2D eigenvalue weighted by molar-refractivity contribution is 0.102. The van der Waals surface area contributed by atoms with E-state index in [9.17, 15) is 13.6 Å². The lowest BCUT2D eigenvalue weighted by Crippen LogP contribution is -2.15. The number of aromatic nitrogens is 3. The molecule has 0 saturated heterocycles. The Morgan fingerprint density at radius 3 is 2.77 bits per heavy atom. The molecule has 30 heavy (non-hydrogen) atoms. The Labute approximate surface area is 172 Å². The predicted octanol–water partition coefficient (Wildman–Crippen LogP) is 4.65. The average Bonchev–Trinajstić information content (AvgIpc) is 3.40. The number of halogens is 2. The summed E-state index contributed by atoms with van der Waals surface area (Å²) in [4.78, 5) is 23.4. The minimum Gasteiger partial charge on any atom is -0.486 e. The molecule has 1 amide bonds. The number of benzene rings is 2. The van der Waals surface area contributed by atoms with E-state index in [4.69, 9.17) is 9.47 Å². The van der Waals surface area contributed by atoms with Gasteiger partial charge in [0.25, 0.3) is 12.3 Å². The van der Waals surface area contributed by atoms with Crippen molar-refractivity contribution in [3.63, 3.8) is 0 Å². The number of fused-ring (bicyclic) bond motifs is 2. The molecule has 0 bridgehead atoms. The highest BCUT2D eigenvalue weighted by atomic mass is 32.1. The van der Waals surface area contributed by atoms with Crippen LogP contribution in [0.1, 0.15) is 22.6 Å². The zero-order chi connectivity index (χ0) is 20.7. The first-order chi connectivity index (χ1) is 14.6. The molecule has 3 heterocycles. The van der Waals surface area contributed by atoms with Crippen LogP contribution in [0.5, 0.6) is 11.5 Å². The van der Waals surface area contributed by atoms with Gasteiger partial charge in [-0.15, -0.1) is 11.3 Å². The van der Waals surface area contributed by atoms with Gasteiger partial charge in [-0.25, -0.2) is 18.7 Å². The highest BCUT2D eigenvalue weighted by Gasteiger charge is 2.16. The molecule has 0 atom stereocenters. The van der Waals surface area contributed by atoms with Crippen molar-refractivity contribution in [3.8, 4) is 22.8 Å². The van der Waals surface area contributed by atoms with Gasteiger partial charge in [-0.05, 0) is 36.4 Å². The Hall–Kier alpha value is -3.53. The summed E-state index contributed by atoms with van der Waals surface area (Å²) in [5, 5.41) is 4.98. The van der Waals surface area contributed by atoms with Crippen molar-refractivity contribution in [2.45, 2.75) is 6.43 Å². The maximum absolute atomic E-state index is 12.8. The summed E-state index contributed by atoms with van der Waals surface area (Å²) < 4.78 is 36.7. The number of nitrogens with one attached hydrogen (secondary N) is 2. The first-order valence-electron chi connectivity index (χ1n) is 9.01. The fraction of sp³-hybridized carbons (Fsp3) is 0.150. The fourth-order valence-electron chi connectivity index (χ4n) is 3.11. The number of hydrogen-bond donors (Lipinski definition) is 2. The van der Waals surface area contributed by atoms with E-state index in [1.165, 1.54) is 29.5 Å². The van der Waals surface area contributed by atoms with Gasteiger partial charge in [0.05, 0.1) is 16.7 Å². The Morgan fingerprint density at radius 1 is 1.10 bits per heavy atom. The van der Waals surface area contributed by atoms with E-state index in [0.717, 1.165) is 5.56 Å². The monoisotopic (exact) mass is 428 g/mol. The van der Waals surface area contributed by atoms with Gasteiger partial charge in [0.1, 0.15) is 13.2 Å². The molecule has 7 nitrogen and oxygen atoms in total. The number of nitrogens with zero attached hydrogens (tertiary/aromatic N) is 2. The summed E-state index contributed by atoms with van der Waals surface area (Å²) in [6.07, 6.45) is -2.70. The van der Waals surface area contributed by atoms with E-state index in [2.05, 4.69) is 20.3 Å².